The average Bonchev–Trinajstić information content (AvgIpc) is 3.13. The molecule has 0 bridgehead atoms. The van der Waals surface area contributed by atoms with Crippen molar-refractivity contribution < 1.29 is 4.79 Å². The van der Waals surface area contributed by atoms with E-state index >= 15 is 0 Å². The van der Waals surface area contributed by atoms with Crippen molar-refractivity contribution in [1.82, 2.24) is 19.9 Å². The van der Waals surface area contributed by atoms with E-state index in [1.165, 1.54) is 5.56 Å². The minimum atomic E-state index is 0.0202. The van der Waals surface area contributed by atoms with Gasteiger partial charge in [-0.1, -0.05) is 6.92 Å². The molecule has 4 rings (SSSR count). The van der Waals surface area contributed by atoms with Crippen LogP contribution in [0.25, 0.3) is 11.3 Å². The van der Waals surface area contributed by atoms with E-state index in [4.69, 9.17) is 5.73 Å². The summed E-state index contributed by atoms with van der Waals surface area (Å²) in [6.45, 7) is 3.29. The largest absolute Gasteiger partial charge is 0.397 e. The molecule has 2 N–H and O–H groups in total. The minimum absolute atomic E-state index is 0.0202. The zero-order valence-corrected chi connectivity index (χ0v) is 15.2. The minimum Gasteiger partial charge on any atom is -0.397 e. The number of fused-ring (bicyclic) bond motifs is 1. The molecule has 1 aliphatic heterocycles. The van der Waals surface area contributed by atoms with Crippen LogP contribution in [0.3, 0.4) is 0 Å². The van der Waals surface area contributed by atoms with E-state index in [-0.39, 0.29) is 12.3 Å². The van der Waals surface area contributed by atoms with Gasteiger partial charge in [-0.05, 0) is 47.9 Å². The van der Waals surface area contributed by atoms with Crippen LogP contribution in [0.1, 0.15) is 29.4 Å². The summed E-state index contributed by atoms with van der Waals surface area (Å²) >= 11 is 0. The van der Waals surface area contributed by atoms with Crippen molar-refractivity contribution in [3.63, 3.8) is 0 Å². The predicted molar refractivity (Wildman–Crippen MR) is 103 cm³/mol. The van der Waals surface area contributed by atoms with E-state index in [0.29, 0.717) is 24.5 Å². The van der Waals surface area contributed by atoms with Gasteiger partial charge in [-0.2, -0.15) is 0 Å². The van der Waals surface area contributed by atoms with Gasteiger partial charge in [0.1, 0.15) is 0 Å². The first-order chi connectivity index (χ1) is 13.1. The van der Waals surface area contributed by atoms with Crippen LogP contribution >= 0.6 is 0 Å². The highest BCUT2D eigenvalue weighted by Crippen LogP contribution is 2.25. The molecule has 6 nitrogen and oxygen atoms in total. The number of aryl methyl sites for hydroxylation is 1. The summed E-state index contributed by atoms with van der Waals surface area (Å²) in [4.78, 5) is 27.8. The Morgan fingerprint density at radius 3 is 2.81 bits per heavy atom. The van der Waals surface area contributed by atoms with Gasteiger partial charge in [0.25, 0.3) is 0 Å². The van der Waals surface area contributed by atoms with E-state index in [2.05, 4.69) is 27.9 Å². The molecule has 0 saturated heterocycles. The highest BCUT2D eigenvalue weighted by molar-refractivity contribution is 5.80. The molecule has 3 aromatic rings. The highest BCUT2D eigenvalue weighted by Gasteiger charge is 2.25. The molecular weight excluding hydrogens is 338 g/mol. The molecule has 0 radical (unpaired) electrons. The van der Waals surface area contributed by atoms with Gasteiger partial charge in [0.15, 0.2) is 0 Å². The van der Waals surface area contributed by atoms with Crippen molar-refractivity contribution in [3.8, 4) is 11.3 Å². The first-order valence-electron chi connectivity index (χ1n) is 9.04. The lowest BCUT2D eigenvalue weighted by Gasteiger charge is -2.16. The summed E-state index contributed by atoms with van der Waals surface area (Å²) in [6.07, 6.45) is 6.43. The van der Waals surface area contributed by atoms with Crippen LogP contribution in [-0.2, 0) is 30.7 Å². The van der Waals surface area contributed by atoms with Gasteiger partial charge in [0.05, 0.1) is 23.5 Å². The van der Waals surface area contributed by atoms with E-state index in [1.54, 1.807) is 18.5 Å². The molecule has 6 heteroatoms. The fraction of sp³-hybridized carbons (Fsp3) is 0.238. The van der Waals surface area contributed by atoms with E-state index in [1.807, 2.05) is 29.3 Å². The van der Waals surface area contributed by atoms with Gasteiger partial charge < -0.3 is 10.6 Å². The number of aromatic nitrogens is 3. The Morgan fingerprint density at radius 2 is 2.04 bits per heavy atom. The molecule has 0 saturated carbocycles. The Bertz CT molecular complexity index is 987. The van der Waals surface area contributed by atoms with E-state index in [9.17, 15) is 4.79 Å². The molecule has 3 aromatic heterocycles. The van der Waals surface area contributed by atoms with Crippen molar-refractivity contribution in [2.24, 2.45) is 0 Å². The lowest BCUT2D eigenvalue weighted by Crippen LogP contribution is -2.27. The Labute approximate surface area is 158 Å². The fourth-order valence-corrected chi connectivity index (χ4v) is 3.29. The number of carbonyl (C=O) groups excluding carboxylic acids is 1. The van der Waals surface area contributed by atoms with Crippen molar-refractivity contribution in [2.45, 2.75) is 32.9 Å². The molecule has 1 aliphatic rings. The Balaban J connectivity index is 1.52. The van der Waals surface area contributed by atoms with Crippen molar-refractivity contribution in [2.75, 3.05) is 5.73 Å². The molecule has 0 spiro atoms. The van der Waals surface area contributed by atoms with Crippen LogP contribution in [0, 0.1) is 0 Å². The summed E-state index contributed by atoms with van der Waals surface area (Å²) in [5.41, 5.74) is 12.2. The van der Waals surface area contributed by atoms with Crippen LogP contribution in [0.2, 0.25) is 0 Å². The quantitative estimate of drug-likeness (QED) is 0.774. The van der Waals surface area contributed by atoms with Gasteiger partial charge in [-0.15, -0.1) is 0 Å². The predicted octanol–water partition coefficient (Wildman–Crippen LogP) is 2.77. The molecule has 4 heterocycles. The summed E-state index contributed by atoms with van der Waals surface area (Å²) in [7, 11) is 0. The lowest BCUT2D eigenvalue weighted by atomic mass is 10.1. The maximum Gasteiger partial charge on any atom is 0.229 e. The summed E-state index contributed by atoms with van der Waals surface area (Å²) in [5.74, 6) is 0.0202. The Morgan fingerprint density at radius 1 is 1.19 bits per heavy atom. The first kappa shape index (κ1) is 17.1. The van der Waals surface area contributed by atoms with Gasteiger partial charge in [-0.25, -0.2) is 0 Å². The SMILES string of the molecule is CCc1cc2c(cn1)CN(C(=O)Cc1nc(-c3cccnc3)ccc1N)C2. The van der Waals surface area contributed by atoms with E-state index < -0.39 is 0 Å². The molecule has 0 atom stereocenters. The number of pyridine rings is 3. The average molecular weight is 359 g/mol. The topological polar surface area (TPSA) is 85.0 Å². The zero-order valence-electron chi connectivity index (χ0n) is 15.2. The van der Waals surface area contributed by atoms with Crippen LogP contribution < -0.4 is 5.73 Å². The number of nitrogens with two attached hydrogens (primary N) is 1. The summed E-state index contributed by atoms with van der Waals surface area (Å²) in [6, 6.07) is 9.54. The number of amides is 1. The van der Waals surface area contributed by atoms with Crippen LogP contribution in [0.4, 0.5) is 5.69 Å². The Hall–Kier alpha value is -3.28. The third-order valence-electron chi connectivity index (χ3n) is 4.86. The second-order valence-electron chi connectivity index (χ2n) is 6.70. The number of anilines is 1. The number of hydrogen-bond acceptors (Lipinski definition) is 5. The molecule has 1 amide bonds. The van der Waals surface area contributed by atoms with Gasteiger partial charge >= 0.3 is 0 Å². The van der Waals surface area contributed by atoms with Crippen molar-refractivity contribution >= 4 is 11.6 Å². The van der Waals surface area contributed by atoms with Gasteiger partial charge in [-0.3, -0.25) is 19.7 Å². The highest BCUT2D eigenvalue weighted by atomic mass is 16.2. The molecule has 0 aromatic carbocycles. The van der Waals surface area contributed by atoms with E-state index in [0.717, 1.165) is 28.9 Å². The second-order valence-corrected chi connectivity index (χ2v) is 6.70. The lowest BCUT2D eigenvalue weighted by molar-refractivity contribution is -0.131. The monoisotopic (exact) mass is 359 g/mol. The number of rotatable bonds is 4. The van der Waals surface area contributed by atoms with Gasteiger partial charge in [0.2, 0.25) is 5.91 Å². The third kappa shape index (κ3) is 3.51. The summed E-state index contributed by atoms with van der Waals surface area (Å²) < 4.78 is 0. The maximum atomic E-state index is 12.8. The standard InChI is InChI=1S/C21H21N5O/c1-2-17-8-15-12-26(13-16(15)11-24-17)21(27)9-20-18(22)5-6-19(25-20)14-4-3-7-23-10-14/h3-8,10-11H,2,9,12-13,22H2,1H3. The number of nitrogen functional groups attached to an aromatic ring is 1. The summed E-state index contributed by atoms with van der Waals surface area (Å²) in [5, 5.41) is 0. The molecule has 0 fully saturated rings. The molecule has 0 unspecified atom stereocenters. The fourth-order valence-electron chi connectivity index (χ4n) is 3.29. The molecule has 27 heavy (non-hydrogen) atoms. The molecule has 0 aliphatic carbocycles. The van der Waals surface area contributed by atoms with Crippen molar-refractivity contribution in [3.05, 3.63) is 71.4 Å². The smallest absolute Gasteiger partial charge is 0.229 e. The normalized spacial score (nSPS) is 12.9. The van der Waals surface area contributed by atoms with Gasteiger partial charge in [0, 0.05) is 42.9 Å². The van der Waals surface area contributed by atoms with Crippen LogP contribution in [-0.4, -0.2) is 25.8 Å². The number of carbonyl (C=O) groups is 1. The zero-order chi connectivity index (χ0) is 18.8. The molecule has 136 valence electrons. The van der Waals surface area contributed by atoms with Crippen molar-refractivity contribution in [1.29, 1.82) is 0 Å². The second kappa shape index (κ2) is 7.15. The van der Waals surface area contributed by atoms with Crippen LogP contribution in [0.15, 0.2) is 48.9 Å². The molecular formula is C21H21N5O. The number of nitrogens with zero attached hydrogens (tertiary/aromatic N) is 4. The van der Waals surface area contributed by atoms with Crippen LogP contribution in [0.5, 0.6) is 0 Å². The maximum absolute atomic E-state index is 12.8. The Kier molecular flexibility index (Phi) is 4.54. The third-order valence-corrected chi connectivity index (χ3v) is 4.86. The first-order valence-corrected chi connectivity index (χ1v) is 9.04. The number of hydrogen-bond donors (Lipinski definition) is 1.